The molecule has 0 saturated heterocycles. The monoisotopic (exact) mass is 1050 g/mol. The van der Waals surface area contributed by atoms with Crippen molar-refractivity contribution >= 4 is 91.5 Å². The van der Waals surface area contributed by atoms with Crippen LogP contribution in [-0.2, 0) is 44.8 Å². The van der Waals surface area contributed by atoms with Gasteiger partial charge in [0, 0.05) is 0 Å². The molecular weight excluding hydrogens is 1010 g/mol. The summed E-state index contributed by atoms with van der Waals surface area (Å²) >= 11 is 0. The van der Waals surface area contributed by atoms with Gasteiger partial charge in [0.25, 0.3) is 0 Å². The van der Waals surface area contributed by atoms with Gasteiger partial charge in [-0.25, -0.2) is 9.69 Å². The molecule has 0 saturated carbocycles. The van der Waals surface area contributed by atoms with Gasteiger partial charge in [0.2, 0.25) is 0 Å². The summed E-state index contributed by atoms with van der Waals surface area (Å²) in [4.78, 5) is 7.33. The predicted molar refractivity (Wildman–Crippen MR) is 274 cm³/mol. The summed E-state index contributed by atoms with van der Waals surface area (Å²) in [6, 6.07) is 75.3. The topological polar surface area (TPSA) is 8.72 Å². The van der Waals surface area contributed by atoms with E-state index in [0.29, 0.717) is 11.4 Å². The first-order valence-corrected chi connectivity index (χ1v) is 24.0. The van der Waals surface area contributed by atoms with E-state index in [1.54, 1.807) is 0 Å². The number of hydrogen-bond donors (Lipinski definition) is 0. The van der Waals surface area contributed by atoms with Gasteiger partial charge in [-0.2, -0.15) is 0 Å². The molecule has 10 rings (SSSR count). The van der Waals surface area contributed by atoms with Gasteiger partial charge in [0.1, 0.15) is 37.1 Å². The molecule has 0 aliphatic heterocycles. The van der Waals surface area contributed by atoms with Crippen molar-refractivity contribution in [3.05, 3.63) is 265 Å². The van der Waals surface area contributed by atoms with E-state index in [1.165, 1.54) is 27.1 Å². The molecule has 10 aromatic carbocycles. The van der Waals surface area contributed by atoms with Crippen LogP contribution in [0, 0.1) is 37.8 Å². The molecule has 0 aliphatic carbocycles. The molecule has 6 heteroatoms. The Labute approximate surface area is 415 Å². The van der Waals surface area contributed by atoms with Gasteiger partial charge < -0.3 is 12.8 Å². The maximum absolute atomic E-state index is 7.51. The van der Waals surface area contributed by atoms with E-state index in [4.69, 9.17) is 26.0 Å². The molecule has 0 N–H and O–H groups in total. The average Bonchev–Trinajstić information content (AvgIpc) is 3.36. The average molecular weight is 1050 g/mol. The first kappa shape index (κ1) is 48.1. The molecule has 0 amide bonds. The van der Waals surface area contributed by atoms with Gasteiger partial charge in [-0.15, -0.1) is 11.1 Å². The molecule has 0 fully saturated rings. The summed E-state index contributed by atoms with van der Waals surface area (Å²) in [7, 11) is -1.69. The summed E-state index contributed by atoms with van der Waals surface area (Å²) in [6.45, 7) is 14.8. The fraction of sp³-hybridized carbons (Fsp3) is 0.0169. The van der Waals surface area contributed by atoms with E-state index < -0.39 is 15.8 Å². The van der Waals surface area contributed by atoms with Crippen molar-refractivity contribution in [2.75, 3.05) is 5.90 Å². The molecule has 10 aromatic rings. The minimum atomic E-state index is -0.847. The second kappa shape index (κ2) is 23.6. The molecule has 0 heterocycles. The summed E-state index contributed by atoms with van der Waals surface area (Å²) < 4.78 is 0. The fourth-order valence-corrected chi connectivity index (χ4v) is 15.9. The van der Waals surface area contributed by atoms with Crippen LogP contribution in [0.2, 0.25) is 0 Å². The Morgan fingerprint density at radius 1 is 0.308 bits per heavy atom. The third-order valence-corrected chi connectivity index (χ3v) is 18.1. The summed E-state index contributed by atoms with van der Waals surface area (Å²) in [6.07, 6.45) is 15.0. The normalized spacial score (nSPS) is 10.2. The van der Waals surface area contributed by atoms with Gasteiger partial charge in [0.05, 0.1) is 13.1 Å². The number of hydrogen-bond acceptors (Lipinski definition) is 0. The summed E-state index contributed by atoms with van der Waals surface area (Å²) in [5, 5.41) is 13.2. The van der Waals surface area contributed by atoms with Crippen LogP contribution in [0.5, 0.6) is 0 Å². The number of rotatable bonds is 6. The summed E-state index contributed by atoms with van der Waals surface area (Å²) in [5.74, 6) is 6.27. The standard InChI is InChI=1S/C25H22P2.2C17H8N.2Ag/c1-5-13-22(14-6-1)26(23-15-7-2-8-16-23)21-27(24-17-9-3-10-18-24)25-19-11-4-12-20-25;2*1-3-12-13-8-4-6-10-15(13)17(18-2)16-11-7-5-9-14(12)16;;/h1-20H,21H2;2*4-11H;;/q;2*-1;2*+1/p+2. The molecule has 0 bridgehead atoms. The quantitative estimate of drug-likeness (QED) is 0.0516. The largest absolute Gasteiger partial charge is 1.00 e. The zero-order valence-electron chi connectivity index (χ0n) is 35.0. The van der Waals surface area contributed by atoms with Crippen molar-refractivity contribution in [1.29, 1.82) is 0 Å². The van der Waals surface area contributed by atoms with E-state index in [0.717, 1.165) is 54.2 Å². The van der Waals surface area contributed by atoms with Crippen molar-refractivity contribution < 1.29 is 44.8 Å². The van der Waals surface area contributed by atoms with Crippen LogP contribution in [0.3, 0.4) is 0 Å². The van der Waals surface area contributed by atoms with Crippen molar-refractivity contribution in [3.63, 3.8) is 0 Å². The van der Waals surface area contributed by atoms with Crippen molar-refractivity contribution in [2.45, 2.75) is 0 Å². The number of fused-ring (bicyclic) bond motifs is 4. The van der Waals surface area contributed by atoms with Crippen molar-refractivity contribution in [3.8, 4) is 11.8 Å². The van der Waals surface area contributed by atoms with Gasteiger partial charge in [-0.1, -0.05) is 191 Å². The third-order valence-electron chi connectivity index (χ3n) is 11.1. The molecule has 0 atom stereocenters. The van der Waals surface area contributed by atoms with E-state index in [-0.39, 0.29) is 44.8 Å². The second-order valence-electron chi connectivity index (χ2n) is 14.7. The van der Waals surface area contributed by atoms with Crippen LogP contribution in [0.4, 0.5) is 11.4 Å². The molecule has 2 nitrogen and oxygen atoms in total. The van der Waals surface area contributed by atoms with E-state index >= 15 is 0 Å². The smallest absolute Gasteiger partial charge is 0.366 e. The van der Waals surface area contributed by atoms with E-state index in [1.807, 2.05) is 97.1 Å². The zero-order chi connectivity index (χ0) is 43.4. The van der Waals surface area contributed by atoms with Crippen molar-refractivity contribution in [2.24, 2.45) is 0 Å². The fourth-order valence-electron chi connectivity index (χ4n) is 8.20. The van der Waals surface area contributed by atoms with Gasteiger partial charge in [-0.05, 0) is 70.1 Å². The molecule has 65 heavy (non-hydrogen) atoms. The predicted octanol–water partition coefficient (Wildman–Crippen LogP) is 13.6. The van der Waals surface area contributed by atoms with Crippen LogP contribution in [0.25, 0.3) is 52.8 Å². The molecule has 0 radical (unpaired) electrons. The van der Waals surface area contributed by atoms with Gasteiger partial charge in [0.15, 0.2) is 17.3 Å². The SMILES string of the molecule is [Ag+].[Ag+].[C-]#Cc1c2ccccc2c([N+]#[C-])c2ccccc12.[C-]#Cc1c2ccccc2c([N+]#[C-])c2ccccc12.c1ccc([PH+](C[PH+](c2ccccc2)c2ccccc2)c2ccccc2)cc1. The van der Waals surface area contributed by atoms with Crippen LogP contribution in [0.15, 0.2) is 218 Å². The van der Waals surface area contributed by atoms with Crippen LogP contribution in [-0.4, -0.2) is 5.90 Å². The van der Waals surface area contributed by atoms with E-state index in [9.17, 15) is 0 Å². The van der Waals surface area contributed by atoms with Gasteiger partial charge in [-0.3, -0.25) is 11.8 Å². The van der Waals surface area contributed by atoms with Crippen LogP contribution in [0.1, 0.15) is 11.1 Å². The molecule has 0 unspecified atom stereocenters. The van der Waals surface area contributed by atoms with Crippen LogP contribution < -0.4 is 21.2 Å². The maximum atomic E-state index is 7.51. The Morgan fingerprint density at radius 3 is 0.708 bits per heavy atom. The Bertz CT molecular complexity index is 2810. The minimum absolute atomic E-state index is 0. The maximum Gasteiger partial charge on any atom is 1.00 e. The zero-order valence-corrected chi connectivity index (χ0v) is 40.0. The Hall–Kier alpha value is -6.32. The molecular formula is C59H40Ag2N2P2+2. The molecule has 0 spiro atoms. The number of nitrogens with zero attached hydrogens (tertiary/aromatic N) is 2. The van der Waals surface area contributed by atoms with Crippen LogP contribution >= 0.6 is 15.8 Å². The Morgan fingerprint density at radius 2 is 0.508 bits per heavy atom. The molecule has 316 valence electrons. The van der Waals surface area contributed by atoms with Crippen molar-refractivity contribution in [1.82, 2.24) is 0 Å². The summed E-state index contributed by atoms with van der Waals surface area (Å²) in [5.41, 5.74) is 2.82. The first-order chi connectivity index (χ1) is 31.1. The number of benzene rings is 10. The third kappa shape index (κ3) is 10.6. The molecule has 0 aromatic heterocycles. The first-order valence-electron chi connectivity index (χ1n) is 20.6. The van der Waals surface area contributed by atoms with Gasteiger partial charge >= 0.3 is 44.8 Å². The second-order valence-corrected chi connectivity index (χ2v) is 20.3. The Kier molecular flexibility index (Phi) is 17.5. The Balaban J connectivity index is 0.000000164. The minimum Gasteiger partial charge on any atom is -0.366 e. The van der Waals surface area contributed by atoms with E-state index in [2.05, 4.69) is 143 Å². The molecule has 0 aliphatic rings.